The molecule has 4 nitrogen and oxygen atoms in total. The highest BCUT2D eigenvalue weighted by Crippen LogP contribution is 2.35. The normalized spacial score (nSPS) is 11.5. The summed E-state index contributed by atoms with van der Waals surface area (Å²) in [6.07, 6.45) is 0. The van der Waals surface area contributed by atoms with Crippen LogP contribution in [0.25, 0.3) is 31.8 Å². The quantitative estimate of drug-likeness (QED) is 0.314. The summed E-state index contributed by atoms with van der Waals surface area (Å²) >= 11 is 3.41. The van der Waals surface area contributed by atoms with Crippen LogP contribution in [-0.2, 0) is 12.3 Å². The smallest absolute Gasteiger partial charge is 0.191 e. The Balaban J connectivity index is 1.47. The fraction of sp³-hybridized carbons (Fsp3) is 0.174. The largest absolute Gasteiger partial charge is 0.302 e. The maximum atomic E-state index is 4.83. The van der Waals surface area contributed by atoms with Gasteiger partial charge in [0.2, 0.25) is 0 Å². The van der Waals surface area contributed by atoms with E-state index in [4.69, 9.17) is 4.98 Å². The molecule has 6 heteroatoms. The number of thiophene rings is 1. The summed E-state index contributed by atoms with van der Waals surface area (Å²) < 4.78 is 2.20. The van der Waals surface area contributed by atoms with Crippen molar-refractivity contribution in [1.82, 2.24) is 19.7 Å². The third-order valence-corrected chi connectivity index (χ3v) is 7.03. The maximum Gasteiger partial charge on any atom is 0.191 e. The molecule has 3 aromatic heterocycles. The Morgan fingerprint density at radius 2 is 1.79 bits per heavy atom. The Morgan fingerprint density at radius 3 is 2.62 bits per heavy atom. The van der Waals surface area contributed by atoms with Crippen LogP contribution in [-0.4, -0.2) is 19.7 Å². The first-order valence-electron chi connectivity index (χ1n) is 9.62. The fourth-order valence-corrected chi connectivity index (χ4v) is 5.35. The minimum atomic E-state index is 0.836. The molecule has 0 spiro atoms. The molecular formula is C23H20N4S2. The zero-order valence-corrected chi connectivity index (χ0v) is 17.9. The number of pyridine rings is 1. The average molecular weight is 417 g/mol. The molecule has 5 aromatic rings. The molecule has 3 heterocycles. The van der Waals surface area contributed by atoms with E-state index in [0.29, 0.717) is 0 Å². The average Bonchev–Trinajstić information content (AvgIpc) is 3.34. The SMILES string of the molecule is CCn1c(SCc2ccc(C)cc2)nnc1-c1cc2cc3ccccc3nc2s1. The summed E-state index contributed by atoms with van der Waals surface area (Å²) in [7, 11) is 0. The van der Waals surface area contributed by atoms with Gasteiger partial charge in [-0.3, -0.25) is 0 Å². The lowest BCUT2D eigenvalue weighted by Gasteiger charge is -2.06. The van der Waals surface area contributed by atoms with Gasteiger partial charge in [-0.1, -0.05) is 59.8 Å². The van der Waals surface area contributed by atoms with Gasteiger partial charge in [0.25, 0.3) is 0 Å². The zero-order chi connectivity index (χ0) is 19.8. The van der Waals surface area contributed by atoms with Crippen LogP contribution >= 0.6 is 23.1 Å². The number of aromatic nitrogens is 4. The Labute approximate surface area is 177 Å². The van der Waals surface area contributed by atoms with Gasteiger partial charge < -0.3 is 4.57 Å². The van der Waals surface area contributed by atoms with Crippen LogP contribution in [0.2, 0.25) is 0 Å². The van der Waals surface area contributed by atoms with Crippen molar-refractivity contribution >= 4 is 44.2 Å². The standard InChI is InChI=1S/C23H20N4S2/c1-3-27-21(25-26-23(27)28-14-16-10-8-15(2)9-11-16)20-13-18-12-17-6-4-5-7-19(17)24-22(18)29-20/h4-13H,3,14H2,1-2H3. The van der Waals surface area contributed by atoms with Crippen LogP contribution in [0.15, 0.2) is 65.8 Å². The van der Waals surface area contributed by atoms with Crippen LogP contribution in [0.4, 0.5) is 0 Å². The molecule has 0 saturated heterocycles. The molecule has 0 fully saturated rings. The number of benzene rings is 2. The first kappa shape index (κ1) is 18.3. The van der Waals surface area contributed by atoms with E-state index in [9.17, 15) is 0 Å². The highest BCUT2D eigenvalue weighted by atomic mass is 32.2. The molecule has 144 valence electrons. The van der Waals surface area contributed by atoms with E-state index < -0.39 is 0 Å². The minimum absolute atomic E-state index is 0.836. The van der Waals surface area contributed by atoms with Gasteiger partial charge in [0.1, 0.15) is 4.83 Å². The third kappa shape index (κ3) is 3.54. The molecule has 0 aliphatic carbocycles. The number of fused-ring (bicyclic) bond motifs is 2. The predicted octanol–water partition coefficient (Wildman–Crippen LogP) is 6.33. The second-order valence-electron chi connectivity index (χ2n) is 7.01. The molecule has 0 aliphatic heterocycles. The molecule has 0 unspecified atom stereocenters. The van der Waals surface area contributed by atoms with Crippen molar-refractivity contribution in [2.45, 2.75) is 31.3 Å². The van der Waals surface area contributed by atoms with Gasteiger partial charge in [-0.2, -0.15) is 0 Å². The second kappa shape index (κ2) is 7.61. The van der Waals surface area contributed by atoms with Crippen molar-refractivity contribution in [2.24, 2.45) is 0 Å². The number of hydrogen-bond acceptors (Lipinski definition) is 5. The van der Waals surface area contributed by atoms with Gasteiger partial charge in [0, 0.05) is 23.1 Å². The number of hydrogen-bond donors (Lipinski definition) is 0. The van der Waals surface area contributed by atoms with Crippen LogP contribution in [0.5, 0.6) is 0 Å². The van der Waals surface area contributed by atoms with E-state index in [2.05, 4.69) is 77.1 Å². The van der Waals surface area contributed by atoms with E-state index in [1.54, 1.807) is 23.1 Å². The van der Waals surface area contributed by atoms with E-state index in [1.165, 1.54) is 11.1 Å². The van der Waals surface area contributed by atoms with Gasteiger partial charge >= 0.3 is 0 Å². The molecule has 2 aromatic carbocycles. The lowest BCUT2D eigenvalue weighted by molar-refractivity contribution is 0.688. The predicted molar refractivity (Wildman–Crippen MR) is 123 cm³/mol. The molecule has 29 heavy (non-hydrogen) atoms. The molecule has 0 atom stereocenters. The molecule has 0 amide bonds. The number of thioether (sulfide) groups is 1. The number of nitrogens with zero attached hydrogens (tertiary/aromatic N) is 4. The van der Waals surface area contributed by atoms with E-state index in [1.807, 2.05) is 12.1 Å². The van der Waals surface area contributed by atoms with E-state index in [0.717, 1.165) is 49.3 Å². The van der Waals surface area contributed by atoms with Gasteiger partial charge in [-0.15, -0.1) is 21.5 Å². The van der Waals surface area contributed by atoms with Crippen molar-refractivity contribution in [3.8, 4) is 10.7 Å². The Morgan fingerprint density at radius 1 is 0.966 bits per heavy atom. The molecule has 0 N–H and O–H groups in total. The Bertz CT molecular complexity index is 1250. The van der Waals surface area contributed by atoms with Crippen molar-refractivity contribution in [3.05, 3.63) is 71.8 Å². The van der Waals surface area contributed by atoms with Crippen molar-refractivity contribution in [1.29, 1.82) is 0 Å². The number of para-hydroxylation sites is 1. The van der Waals surface area contributed by atoms with Gasteiger partial charge in [0.05, 0.1) is 10.4 Å². The maximum absolute atomic E-state index is 4.83. The first-order valence-corrected chi connectivity index (χ1v) is 11.4. The number of aryl methyl sites for hydroxylation is 1. The lowest BCUT2D eigenvalue weighted by Crippen LogP contribution is -1.99. The molecule has 0 aliphatic rings. The number of rotatable bonds is 5. The summed E-state index contributed by atoms with van der Waals surface area (Å²) in [4.78, 5) is 6.98. The van der Waals surface area contributed by atoms with E-state index in [-0.39, 0.29) is 0 Å². The minimum Gasteiger partial charge on any atom is -0.302 e. The molecule has 0 saturated carbocycles. The first-order chi connectivity index (χ1) is 14.2. The molecule has 0 bridgehead atoms. The monoisotopic (exact) mass is 416 g/mol. The van der Waals surface area contributed by atoms with E-state index >= 15 is 0 Å². The topological polar surface area (TPSA) is 43.6 Å². The summed E-state index contributed by atoms with van der Waals surface area (Å²) in [6, 6.07) is 21.3. The highest BCUT2D eigenvalue weighted by Gasteiger charge is 2.16. The Kier molecular flexibility index (Phi) is 4.81. The van der Waals surface area contributed by atoms with Crippen LogP contribution in [0.3, 0.4) is 0 Å². The van der Waals surface area contributed by atoms with Crippen LogP contribution in [0, 0.1) is 6.92 Å². The van der Waals surface area contributed by atoms with Gasteiger partial charge in [0.15, 0.2) is 11.0 Å². The van der Waals surface area contributed by atoms with Gasteiger partial charge in [-0.05, 0) is 37.6 Å². The zero-order valence-electron chi connectivity index (χ0n) is 16.3. The highest BCUT2D eigenvalue weighted by molar-refractivity contribution is 7.98. The van der Waals surface area contributed by atoms with Gasteiger partial charge in [-0.25, -0.2) is 4.98 Å². The van der Waals surface area contributed by atoms with Crippen molar-refractivity contribution < 1.29 is 0 Å². The lowest BCUT2D eigenvalue weighted by atomic mass is 10.2. The second-order valence-corrected chi connectivity index (χ2v) is 8.98. The van der Waals surface area contributed by atoms with Crippen LogP contribution in [0.1, 0.15) is 18.1 Å². The molecule has 0 radical (unpaired) electrons. The summed E-state index contributed by atoms with van der Waals surface area (Å²) in [5.41, 5.74) is 3.61. The molecular weight excluding hydrogens is 396 g/mol. The Hall–Kier alpha value is -2.70. The molecule has 5 rings (SSSR count). The van der Waals surface area contributed by atoms with Crippen molar-refractivity contribution in [3.63, 3.8) is 0 Å². The summed E-state index contributed by atoms with van der Waals surface area (Å²) in [5.74, 6) is 1.81. The van der Waals surface area contributed by atoms with Crippen LogP contribution < -0.4 is 0 Å². The van der Waals surface area contributed by atoms with Crippen molar-refractivity contribution in [2.75, 3.05) is 0 Å². The summed E-state index contributed by atoms with van der Waals surface area (Å²) in [6.45, 7) is 5.09. The fourth-order valence-electron chi connectivity index (χ4n) is 3.38. The third-order valence-electron chi connectivity index (χ3n) is 4.95. The summed E-state index contributed by atoms with van der Waals surface area (Å²) in [5, 5.41) is 12.3.